The first kappa shape index (κ1) is 35.2. The number of amides is 4. The van der Waals surface area contributed by atoms with Crippen LogP contribution in [0.2, 0.25) is 0 Å². The summed E-state index contributed by atoms with van der Waals surface area (Å²) in [7, 11) is 3.50. The molecule has 4 amide bonds. The van der Waals surface area contributed by atoms with Crippen LogP contribution in [-0.2, 0) is 32.2 Å². The minimum Gasteiger partial charge on any atom is -0.448 e. The highest BCUT2D eigenvalue weighted by Gasteiger charge is 2.18. The van der Waals surface area contributed by atoms with Gasteiger partial charge >= 0.3 is 12.2 Å². The van der Waals surface area contributed by atoms with E-state index in [-0.39, 0.29) is 38.1 Å². The van der Waals surface area contributed by atoms with Crippen molar-refractivity contribution in [3.05, 3.63) is 35.4 Å². The van der Waals surface area contributed by atoms with Gasteiger partial charge in [0.25, 0.3) is 0 Å². The number of likely N-dealkylation sites (N-methyl/N-ethyl adjacent to an activating group) is 2. The third kappa shape index (κ3) is 14.0. The van der Waals surface area contributed by atoms with Gasteiger partial charge in [0.2, 0.25) is 11.8 Å². The maximum Gasteiger partial charge on any atom is 0.407 e. The van der Waals surface area contributed by atoms with Gasteiger partial charge in [0.1, 0.15) is 13.2 Å². The summed E-state index contributed by atoms with van der Waals surface area (Å²) >= 11 is 0. The molecular weight excluding hydrogens is 560 g/mol. The topological polar surface area (TPSA) is 117 Å². The quantitative estimate of drug-likeness (QED) is 0.244. The molecule has 2 aliphatic carbocycles. The molecule has 10 heteroatoms. The molecule has 44 heavy (non-hydrogen) atoms. The Morgan fingerprint density at radius 2 is 1.09 bits per heavy atom. The molecule has 0 atom stereocenters. The first-order valence-electron chi connectivity index (χ1n) is 16.7. The van der Waals surface area contributed by atoms with Crippen molar-refractivity contribution in [2.75, 3.05) is 40.4 Å². The lowest BCUT2D eigenvalue weighted by Gasteiger charge is -2.23. The summed E-state index contributed by atoms with van der Waals surface area (Å²) in [6.45, 7) is 1.53. The average molecular weight is 615 g/mol. The zero-order valence-electron chi connectivity index (χ0n) is 27.0. The number of carbonyl (C=O) groups excluding carboxylic acids is 4. The fourth-order valence-electron chi connectivity index (χ4n) is 6.09. The molecule has 2 saturated carbocycles. The Morgan fingerprint density at radius 3 is 1.50 bits per heavy atom. The van der Waals surface area contributed by atoms with E-state index in [1.54, 1.807) is 23.9 Å². The van der Waals surface area contributed by atoms with E-state index in [1.807, 2.05) is 24.3 Å². The smallest absolute Gasteiger partial charge is 0.407 e. The number of hydrogen-bond acceptors (Lipinski definition) is 6. The van der Waals surface area contributed by atoms with Crippen molar-refractivity contribution in [2.24, 2.45) is 11.8 Å². The lowest BCUT2D eigenvalue weighted by molar-refractivity contribution is -0.131. The number of rotatable bonds is 16. The third-order valence-electron chi connectivity index (χ3n) is 9.02. The molecule has 2 fully saturated rings. The van der Waals surface area contributed by atoms with Crippen LogP contribution in [0.3, 0.4) is 0 Å². The third-order valence-corrected chi connectivity index (χ3v) is 9.02. The second kappa shape index (κ2) is 19.9. The van der Waals surface area contributed by atoms with E-state index >= 15 is 0 Å². The van der Waals surface area contributed by atoms with Crippen LogP contribution in [0.25, 0.3) is 0 Å². The largest absolute Gasteiger partial charge is 0.448 e. The lowest BCUT2D eigenvalue weighted by atomic mass is 9.86. The fraction of sp³-hybridized carbons (Fsp3) is 0.706. The molecule has 2 aliphatic rings. The molecule has 0 aliphatic heterocycles. The Bertz CT molecular complexity index is 961. The maximum absolute atomic E-state index is 12.4. The van der Waals surface area contributed by atoms with Crippen LogP contribution in [0.5, 0.6) is 0 Å². The van der Waals surface area contributed by atoms with Crippen LogP contribution in [0.1, 0.15) is 101 Å². The summed E-state index contributed by atoms with van der Waals surface area (Å²) in [5.41, 5.74) is 1.72. The minimum atomic E-state index is -0.544. The predicted molar refractivity (Wildman–Crippen MR) is 170 cm³/mol. The highest BCUT2D eigenvalue weighted by atomic mass is 16.6. The number of alkyl carbamates (subject to hydrolysis) is 2. The van der Waals surface area contributed by atoms with Crippen molar-refractivity contribution in [1.82, 2.24) is 20.4 Å². The summed E-state index contributed by atoms with van der Waals surface area (Å²) in [6.07, 6.45) is 14.5. The van der Waals surface area contributed by atoms with Crippen LogP contribution in [-0.4, -0.2) is 74.2 Å². The first-order valence-corrected chi connectivity index (χ1v) is 16.7. The number of nitrogens with zero attached hydrogens (tertiary/aromatic N) is 2. The monoisotopic (exact) mass is 614 g/mol. The molecule has 0 radical (unpaired) electrons. The van der Waals surface area contributed by atoms with Gasteiger partial charge in [0.15, 0.2) is 0 Å². The molecule has 0 unspecified atom stereocenters. The van der Waals surface area contributed by atoms with Gasteiger partial charge in [-0.25, -0.2) is 9.59 Å². The lowest BCUT2D eigenvalue weighted by Crippen LogP contribution is -2.33. The molecule has 246 valence electrons. The van der Waals surface area contributed by atoms with Crippen molar-refractivity contribution < 1.29 is 28.7 Å². The summed E-state index contributed by atoms with van der Waals surface area (Å²) in [4.78, 5) is 52.4. The summed E-state index contributed by atoms with van der Waals surface area (Å²) in [5.74, 6) is 1.52. The van der Waals surface area contributed by atoms with E-state index in [4.69, 9.17) is 9.47 Å². The normalized spacial score (nSPS) is 15.7. The molecule has 0 heterocycles. The molecule has 2 N–H and O–H groups in total. The van der Waals surface area contributed by atoms with Crippen molar-refractivity contribution >= 4 is 24.0 Å². The van der Waals surface area contributed by atoms with Crippen molar-refractivity contribution in [2.45, 2.75) is 103 Å². The van der Waals surface area contributed by atoms with Gasteiger partial charge in [0, 0.05) is 40.0 Å². The van der Waals surface area contributed by atoms with Crippen LogP contribution in [0.4, 0.5) is 9.59 Å². The van der Waals surface area contributed by atoms with Crippen molar-refractivity contribution in [3.63, 3.8) is 0 Å². The second-order valence-corrected chi connectivity index (χ2v) is 12.5. The highest BCUT2D eigenvalue weighted by molar-refractivity contribution is 5.76. The molecule has 3 rings (SSSR count). The Morgan fingerprint density at radius 1 is 0.682 bits per heavy atom. The molecule has 0 bridgehead atoms. The van der Waals surface area contributed by atoms with Crippen LogP contribution in [0.15, 0.2) is 24.3 Å². The Labute approximate surface area is 263 Å². The minimum absolute atomic E-state index is 0.0939. The standard InChI is InChI=1S/C34H54N4O6/c1-37(31(39)18-16-27-10-5-3-6-11-27)20-22-43-33(41)35-25-29-14-9-15-30(24-29)26-36-34(42)44-23-21-38(2)32(40)19-17-28-12-7-4-8-13-28/h9,14-15,24,27-28H,3-8,10-13,16-23,25-26H2,1-2H3,(H,35,41)(H,36,42). The average Bonchev–Trinajstić information content (AvgIpc) is 3.05. The molecule has 1 aromatic rings. The molecule has 1 aromatic carbocycles. The molecule has 10 nitrogen and oxygen atoms in total. The van der Waals surface area contributed by atoms with E-state index in [0.29, 0.717) is 37.8 Å². The Balaban J connectivity index is 1.23. The van der Waals surface area contributed by atoms with Gasteiger partial charge in [-0.15, -0.1) is 0 Å². The number of carbonyl (C=O) groups is 4. The van der Waals surface area contributed by atoms with Crippen molar-refractivity contribution in [3.8, 4) is 0 Å². The van der Waals surface area contributed by atoms with Crippen LogP contribution in [0, 0.1) is 11.8 Å². The molecule has 0 aromatic heterocycles. The van der Waals surface area contributed by atoms with Gasteiger partial charge in [-0.1, -0.05) is 88.5 Å². The van der Waals surface area contributed by atoms with E-state index in [1.165, 1.54) is 64.2 Å². The van der Waals surface area contributed by atoms with Crippen LogP contribution >= 0.6 is 0 Å². The zero-order chi connectivity index (χ0) is 31.6. The van der Waals surface area contributed by atoms with E-state index in [9.17, 15) is 19.2 Å². The Kier molecular flexibility index (Phi) is 15.9. The SMILES string of the molecule is CN(CCOC(=O)NCc1cccc(CNC(=O)OCCN(C)C(=O)CCC2CCCCC2)c1)C(=O)CCC1CCCCC1. The summed E-state index contributed by atoms with van der Waals surface area (Å²) in [5, 5.41) is 5.46. The molecular formula is C34H54N4O6. The zero-order valence-corrected chi connectivity index (χ0v) is 27.0. The number of ether oxygens (including phenoxy) is 2. The first-order chi connectivity index (χ1) is 21.3. The number of hydrogen-bond donors (Lipinski definition) is 2. The fourth-order valence-corrected chi connectivity index (χ4v) is 6.09. The highest BCUT2D eigenvalue weighted by Crippen LogP contribution is 2.28. The van der Waals surface area contributed by atoms with E-state index in [2.05, 4.69) is 10.6 Å². The summed E-state index contributed by atoms with van der Waals surface area (Å²) in [6, 6.07) is 7.49. The molecule has 0 saturated heterocycles. The maximum atomic E-state index is 12.4. The van der Waals surface area contributed by atoms with Gasteiger partial charge in [0.05, 0.1) is 13.1 Å². The second-order valence-electron chi connectivity index (χ2n) is 12.5. The number of benzene rings is 1. The van der Waals surface area contributed by atoms with Gasteiger partial charge in [-0.3, -0.25) is 9.59 Å². The van der Waals surface area contributed by atoms with Gasteiger partial charge in [-0.2, -0.15) is 0 Å². The number of nitrogens with one attached hydrogen (secondary N) is 2. The summed E-state index contributed by atoms with van der Waals surface area (Å²) < 4.78 is 10.5. The predicted octanol–water partition coefficient (Wildman–Crippen LogP) is 5.78. The van der Waals surface area contributed by atoms with E-state index in [0.717, 1.165) is 24.0 Å². The Hall–Kier alpha value is -3.30. The van der Waals surface area contributed by atoms with E-state index < -0.39 is 12.2 Å². The van der Waals surface area contributed by atoms with Crippen LogP contribution < -0.4 is 10.6 Å². The van der Waals surface area contributed by atoms with Crippen molar-refractivity contribution in [1.29, 1.82) is 0 Å². The van der Waals surface area contributed by atoms with Gasteiger partial charge < -0.3 is 29.9 Å². The molecule has 0 spiro atoms. The van der Waals surface area contributed by atoms with Gasteiger partial charge in [-0.05, 0) is 35.8 Å².